The molecule has 0 aromatic heterocycles. The molecule has 1 aromatic rings. The van der Waals surface area contributed by atoms with Crippen LogP contribution in [-0.4, -0.2) is 23.1 Å². The van der Waals surface area contributed by atoms with Gasteiger partial charge in [-0.05, 0) is 5.56 Å². The molecule has 68 valence electrons. The van der Waals surface area contributed by atoms with Gasteiger partial charge in [-0.1, -0.05) is 0 Å². The zero-order valence-electron chi connectivity index (χ0n) is 6.33. The largest absolute Gasteiger partial charge is 2.00 e. The number of rotatable bonds is 0. The Labute approximate surface area is 99.2 Å². The predicted molar refractivity (Wildman–Crippen MR) is 36.0 cm³/mol. The van der Waals surface area contributed by atoms with Crippen molar-refractivity contribution in [3.8, 4) is 0 Å². The Morgan fingerprint density at radius 3 is 2.08 bits per heavy atom. The monoisotopic (exact) mass is 266 g/mol. The summed E-state index contributed by atoms with van der Waals surface area (Å²) in [5.41, 5.74) is -1.35. The topological polar surface area (TPSA) is 0 Å². The van der Waals surface area contributed by atoms with Crippen molar-refractivity contribution in [2.45, 2.75) is 6.18 Å². The van der Waals surface area contributed by atoms with Gasteiger partial charge < -0.3 is 17.0 Å². The van der Waals surface area contributed by atoms with Gasteiger partial charge in [-0.2, -0.15) is 31.4 Å². The van der Waals surface area contributed by atoms with Crippen molar-refractivity contribution in [1.29, 1.82) is 0 Å². The van der Waals surface area contributed by atoms with Crippen LogP contribution in [0.25, 0.3) is 0 Å². The molecular formula is C7H3BrF4Mg. The molecule has 6 heteroatoms. The third-order valence-electron chi connectivity index (χ3n) is 1.09. The molecule has 0 saturated carbocycles. The smallest absolute Gasteiger partial charge is 1.00 e. The SMILES string of the molecule is Fc1ccc[c-]c1C(F)(F)F.[Br-].[Mg+2]. The molecule has 0 aliphatic carbocycles. The van der Waals surface area contributed by atoms with Crippen LogP contribution in [0.3, 0.4) is 0 Å². The third-order valence-corrected chi connectivity index (χ3v) is 1.09. The molecule has 0 aliphatic rings. The molecule has 0 radical (unpaired) electrons. The van der Waals surface area contributed by atoms with Crippen LogP contribution in [-0.2, 0) is 6.18 Å². The van der Waals surface area contributed by atoms with Crippen molar-refractivity contribution >= 4 is 23.1 Å². The van der Waals surface area contributed by atoms with E-state index in [4.69, 9.17) is 0 Å². The van der Waals surface area contributed by atoms with E-state index < -0.39 is 17.6 Å². The number of hydrogen-bond donors (Lipinski definition) is 0. The summed E-state index contributed by atoms with van der Waals surface area (Å²) < 4.78 is 47.7. The van der Waals surface area contributed by atoms with Crippen molar-refractivity contribution in [1.82, 2.24) is 0 Å². The van der Waals surface area contributed by atoms with Crippen molar-refractivity contribution in [3.63, 3.8) is 0 Å². The van der Waals surface area contributed by atoms with Crippen LogP contribution < -0.4 is 17.0 Å². The Balaban J connectivity index is 0. The van der Waals surface area contributed by atoms with E-state index in [1.54, 1.807) is 6.07 Å². The van der Waals surface area contributed by atoms with E-state index in [1.807, 2.05) is 0 Å². The molecule has 13 heavy (non-hydrogen) atoms. The van der Waals surface area contributed by atoms with Crippen LogP contribution in [0.2, 0.25) is 0 Å². The molecule has 0 amide bonds. The maximum Gasteiger partial charge on any atom is 2.00 e. The molecule has 0 atom stereocenters. The second-order valence-electron chi connectivity index (χ2n) is 1.89. The number of alkyl halides is 3. The molecule has 1 aromatic carbocycles. The van der Waals surface area contributed by atoms with Gasteiger partial charge in [0, 0.05) is 5.82 Å². The Morgan fingerprint density at radius 1 is 1.23 bits per heavy atom. The van der Waals surface area contributed by atoms with E-state index in [1.165, 1.54) is 0 Å². The van der Waals surface area contributed by atoms with E-state index >= 15 is 0 Å². The van der Waals surface area contributed by atoms with E-state index in [9.17, 15) is 17.6 Å². The first-order valence-electron chi connectivity index (χ1n) is 2.75. The third kappa shape index (κ3) is 4.28. The summed E-state index contributed by atoms with van der Waals surface area (Å²) in [5.74, 6) is -1.29. The van der Waals surface area contributed by atoms with Crippen LogP contribution in [0.1, 0.15) is 5.56 Å². The first-order valence-corrected chi connectivity index (χ1v) is 2.75. The number of hydrogen-bond acceptors (Lipinski definition) is 0. The van der Waals surface area contributed by atoms with Gasteiger partial charge >= 0.3 is 29.2 Å². The Kier molecular flexibility index (Phi) is 7.01. The Bertz CT molecular complexity index is 261. The summed E-state index contributed by atoms with van der Waals surface area (Å²) in [5, 5.41) is 0. The standard InChI is InChI=1S/C7H3F4.BrH.Mg/c8-6-4-2-1-3-5(6)7(9,10)11;;/h1-2,4H;1H;/q-1;;+2/p-1. The summed E-state index contributed by atoms with van der Waals surface area (Å²) >= 11 is 0. The minimum atomic E-state index is -4.65. The second-order valence-corrected chi connectivity index (χ2v) is 1.89. The van der Waals surface area contributed by atoms with E-state index in [-0.39, 0.29) is 40.0 Å². The average molecular weight is 267 g/mol. The van der Waals surface area contributed by atoms with Gasteiger partial charge in [-0.15, -0.1) is 6.07 Å². The first-order chi connectivity index (χ1) is 5.02. The minimum absolute atomic E-state index is 0. The summed E-state index contributed by atoms with van der Waals surface area (Å²) in [6, 6.07) is 4.70. The fourth-order valence-corrected chi connectivity index (χ4v) is 0.634. The molecule has 0 nitrogen and oxygen atoms in total. The molecule has 1 rings (SSSR count). The van der Waals surface area contributed by atoms with E-state index in [2.05, 4.69) is 0 Å². The quantitative estimate of drug-likeness (QED) is 0.330. The second kappa shape index (κ2) is 5.82. The van der Waals surface area contributed by atoms with Gasteiger partial charge in [0.2, 0.25) is 0 Å². The van der Waals surface area contributed by atoms with Crippen LogP contribution >= 0.6 is 0 Å². The predicted octanol–water partition coefficient (Wildman–Crippen LogP) is -0.732. The fraction of sp³-hybridized carbons (Fsp3) is 0.143. The maximum absolute atomic E-state index is 12.3. The summed E-state index contributed by atoms with van der Waals surface area (Å²) in [4.78, 5) is 0. The van der Waals surface area contributed by atoms with Crippen LogP contribution in [0.15, 0.2) is 18.2 Å². The molecule has 0 fully saturated rings. The van der Waals surface area contributed by atoms with Crippen LogP contribution in [0.4, 0.5) is 17.6 Å². The van der Waals surface area contributed by atoms with Crippen molar-refractivity contribution in [2.24, 2.45) is 0 Å². The first kappa shape index (κ1) is 15.6. The maximum atomic E-state index is 12.3. The van der Waals surface area contributed by atoms with Gasteiger partial charge in [-0.25, -0.2) is 0 Å². The molecule has 0 heterocycles. The molecule has 0 aliphatic heterocycles. The van der Waals surface area contributed by atoms with E-state index in [0.29, 0.717) is 0 Å². The van der Waals surface area contributed by atoms with Gasteiger partial charge in [0.05, 0.1) is 0 Å². The fourth-order valence-electron chi connectivity index (χ4n) is 0.634. The van der Waals surface area contributed by atoms with Crippen LogP contribution in [0, 0.1) is 11.9 Å². The Hall–Kier alpha value is 0.186. The zero-order valence-corrected chi connectivity index (χ0v) is 9.33. The number of benzene rings is 1. The summed E-state index contributed by atoms with van der Waals surface area (Å²) in [6.45, 7) is 0. The van der Waals surface area contributed by atoms with Crippen molar-refractivity contribution < 1.29 is 34.5 Å². The zero-order chi connectivity index (χ0) is 8.48. The summed E-state index contributed by atoms with van der Waals surface area (Å²) in [7, 11) is 0. The Morgan fingerprint density at radius 2 is 1.77 bits per heavy atom. The molecule has 0 saturated heterocycles. The molecule has 0 bridgehead atoms. The van der Waals surface area contributed by atoms with Crippen LogP contribution in [0.5, 0.6) is 0 Å². The van der Waals surface area contributed by atoms with Gasteiger partial charge in [0.15, 0.2) is 0 Å². The van der Waals surface area contributed by atoms with E-state index in [0.717, 1.165) is 18.2 Å². The van der Waals surface area contributed by atoms with Gasteiger partial charge in [0.25, 0.3) is 0 Å². The van der Waals surface area contributed by atoms with Crippen molar-refractivity contribution in [3.05, 3.63) is 35.6 Å². The molecule has 0 spiro atoms. The molecular weight excluding hydrogens is 264 g/mol. The average Bonchev–Trinajstić information content (AvgIpc) is 1.86. The summed E-state index contributed by atoms with van der Waals surface area (Å²) in [6.07, 6.45) is -4.65. The minimum Gasteiger partial charge on any atom is -1.00 e. The molecule has 0 unspecified atom stereocenters. The normalized spacial score (nSPS) is 9.85. The van der Waals surface area contributed by atoms with Gasteiger partial charge in [0.1, 0.15) is 0 Å². The molecule has 0 N–H and O–H groups in total. The van der Waals surface area contributed by atoms with Crippen molar-refractivity contribution in [2.75, 3.05) is 0 Å². The number of halogens is 5. The van der Waals surface area contributed by atoms with Gasteiger partial charge in [-0.3, -0.25) is 4.39 Å².